The van der Waals surface area contributed by atoms with Crippen LogP contribution in [0.25, 0.3) is 22.5 Å². The van der Waals surface area contributed by atoms with E-state index in [1.807, 2.05) is 0 Å². The number of nitrogens with zero attached hydrogens (tertiary/aromatic N) is 3. The minimum absolute atomic E-state index is 0.0194. The Morgan fingerprint density at radius 3 is 2.39 bits per heavy atom. The number of hydrogen-bond donors (Lipinski definition) is 3. The number of methoxy groups -OCH3 is 1. The second kappa shape index (κ2) is 11.8. The number of aromatic nitrogens is 4. The number of alkyl halides is 3. The molecule has 46 heavy (non-hydrogen) atoms. The highest BCUT2D eigenvalue weighted by Gasteiger charge is 2.52. The van der Waals surface area contributed by atoms with Gasteiger partial charge in [0.15, 0.2) is 0 Å². The number of halogens is 4. The molecule has 3 N–H and O–H groups in total. The van der Waals surface area contributed by atoms with Crippen LogP contribution in [-0.4, -0.2) is 59.5 Å². The third-order valence-electron chi connectivity index (χ3n) is 8.57. The van der Waals surface area contributed by atoms with Crippen molar-refractivity contribution >= 4 is 27.3 Å². The standard InChI is InChI=1S/C30H26F4N6O5S/c1-45-24-14-23(31)21(15-5-7-16(8-6-15)27-37-39-40-38-27)13-22(24)28(41)36-26-18-10-9-17(11-18)25(26)29(42)35-19-3-2-4-20(12-19)46(43,44)30(32,33)34/h2-8,12-14,17-18,25-26H,9-11H2,1H3,(H,35,42)(H,36,41)(H,37,38,39,40)/t17-,18+,25+,26-/m1/s1. The maximum absolute atomic E-state index is 15.2. The number of hydrogen-bond acceptors (Lipinski definition) is 8. The van der Waals surface area contributed by atoms with Gasteiger partial charge in [-0.2, -0.15) is 18.4 Å². The molecule has 0 saturated heterocycles. The maximum Gasteiger partial charge on any atom is 0.501 e. The van der Waals surface area contributed by atoms with Crippen molar-refractivity contribution in [2.75, 3.05) is 12.4 Å². The second-order valence-corrected chi connectivity index (χ2v) is 13.1. The molecule has 4 atom stereocenters. The number of ether oxygens (including phenoxy) is 1. The molecule has 16 heteroatoms. The van der Waals surface area contributed by atoms with Gasteiger partial charge in [0.25, 0.3) is 15.7 Å². The van der Waals surface area contributed by atoms with Crippen LogP contribution in [0.15, 0.2) is 65.6 Å². The summed E-state index contributed by atoms with van der Waals surface area (Å²) in [6.45, 7) is 0. The van der Waals surface area contributed by atoms with E-state index in [-0.39, 0.29) is 34.4 Å². The summed E-state index contributed by atoms with van der Waals surface area (Å²) in [5.41, 5.74) is -4.37. The summed E-state index contributed by atoms with van der Waals surface area (Å²) in [6, 6.07) is 12.4. The molecule has 0 spiro atoms. The first-order valence-corrected chi connectivity index (χ1v) is 15.6. The number of tetrazole rings is 1. The Morgan fingerprint density at radius 1 is 1.00 bits per heavy atom. The Morgan fingerprint density at radius 2 is 1.72 bits per heavy atom. The molecular formula is C30H26F4N6O5S. The number of carbonyl (C=O) groups is 2. The molecule has 1 aromatic heterocycles. The molecule has 2 bridgehead atoms. The van der Waals surface area contributed by atoms with Crippen LogP contribution in [0.4, 0.5) is 23.2 Å². The van der Waals surface area contributed by atoms with Gasteiger partial charge < -0.3 is 15.4 Å². The van der Waals surface area contributed by atoms with Crippen molar-refractivity contribution in [2.24, 2.45) is 17.8 Å². The lowest BCUT2D eigenvalue weighted by atomic mass is 9.83. The zero-order chi connectivity index (χ0) is 32.8. The number of nitrogens with one attached hydrogen (secondary N) is 3. The van der Waals surface area contributed by atoms with E-state index in [1.54, 1.807) is 24.3 Å². The van der Waals surface area contributed by atoms with E-state index in [0.717, 1.165) is 30.7 Å². The van der Waals surface area contributed by atoms with Crippen LogP contribution < -0.4 is 15.4 Å². The van der Waals surface area contributed by atoms with Crippen LogP contribution in [0.2, 0.25) is 0 Å². The van der Waals surface area contributed by atoms with Crippen LogP contribution in [0.1, 0.15) is 29.6 Å². The zero-order valence-corrected chi connectivity index (χ0v) is 24.8. The van der Waals surface area contributed by atoms with Gasteiger partial charge in [-0.25, -0.2) is 12.8 Å². The monoisotopic (exact) mass is 658 g/mol. The lowest BCUT2D eigenvalue weighted by Gasteiger charge is -2.31. The summed E-state index contributed by atoms with van der Waals surface area (Å²) in [5, 5.41) is 19.2. The van der Waals surface area contributed by atoms with E-state index in [0.29, 0.717) is 29.8 Å². The summed E-state index contributed by atoms with van der Waals surface area (Å²) in [5.74, 6) is -2.37. The van der Waals surface area contributed by atoms with Gasteiger partial charge in [-0.15, -0.1) is 10.2 Å². The van der Waals surface area contributed by atoms with Gasteiger partial charge in [0.05, 0.1) is 23.5 Å². The lowest BCUT2D eigenvalue weighted by Crippen LogP contribution is -2.48. The van der Waals surface area contributed by atoms with Crippen LogP contribution in [0.5, 0.6) is 5.75 Å². The quantitative estimate of drug-likeness (QED) is 0.229. The van der Waals surface area contributed by atoms with Crippen molar-refractivity contribution in [3.63, 3.8) is 0 Å². The summed E-state index contributed by atoms with van der Waals surface area (Å²) in [7, 11) is -4.32. The molecule has 0 radical (unpaired) electrons. The van der Waals surface area contributed by atoms with Crippen LogP contribution in [0, 0.1) is 23.6 Å². The molecule has 240 valence electrons. The average Bonchev–Trinajstić information content (AvgIpc) is 3.80. The van der Waals surface area contributed by atoms with E-state index in [2.05, 4.69) is 31.3 Å². The summed E-state index contributed by atoms with van der Waals surface area (Å²) in [6.07, 6.45) is 2.10. The molecule has 6 rings (SSSR count). The number of anilines is 1. The van der Waals surface area contributed by atoms with Crippen LogP contribution >= 0.6 is 0 Å². The van der Waals surface area contributed by atoms with Gasteiger partial charge >= 0.3 is 5.51 Å². The van der Waals surface area contributed by atoms with Gasteiger partial charge in [0.2, 0.25) is 11.7 Å². The second-order valence-electron chi connectivity index (χ2n) is 11.2. The molecule has 2 amide bonds. The molecule has 2 fully saturated rings. The smallest absolute Gasteiger partial charge is 0.496 e. The molecule has 2 aliphatic carbocycles. The number of amides is 2. The number of aromatic amines is 1. The highest BCUT2D eigenvalue weighted by atomic mass is 32.2. The highest BCUT2D eigenvalue weighted by molar-refractivity contribution is 7.92. The average molecular weight is 659 g/mol. The highest BCUT2D eigenvalue weighted by Crippen LogP contribution is 2.49. The van der Waals surface area contributed by atoms with Crippen molar-refractivity contribution in [2.45, 2.75) is 35.7 Å². The van der Waals surface area contributed by atoms with Crippen molar-refractivity contribution in [3.8, 4) is 28.3 Å². The summed E-state index contributed by atoms with van der Waals surface area (Å²) in [4.78, 5) is 26.2. The predicted molar refractivity (Wildman–Crippen MR) is 155 cm³/mol. The number of sulfone groups is 1. The number of fused-ring (bicyclic) bond motifs is 2. The van der Waals surface area contributed by atoms with Crippen LogP contribution in [0.3, 0.4) is 0 Å². The molecular weight excluding hydrogens is 632 g/mol. The number of benzene rings is 3. The topological polar surface area (TPSA) is 156 Å². The molecule has 0 aliphatic heterocycles. The Labute approximate surface area is 259 Å². The van der Waals surface area contributed by atoms with Gasteiger partial charge in [-0.1, -0.05) is 30.3 Å². The fraction of sp³-hybridized carbons (Fsp3) is 0.300. The Bertz CT molecular complexity index is 1900. The first-order valence-electron chi connectivity index (χ1n) is 14.1. The normalized spacial score (nSPS) is 20.8. The van der Waals surface area contributed by atoms with Crippen molar-refractivity contribution < 1.29 is 40.3 Å². The number of H-pyrrole nitrogens is 1. The Hall–Kier alpha value is -4.86. The van der Waals surface area contributed by atoms with Crippen molar-refractivity contribution in [3.05, 3.63) is 72.0 Å². The minimum atomic E-state index is -5.62. The lowest BCUT2D eigenvalue weighted by molar-refractivity contribution is -0.122. The molecule has 2 aliphatic rings. The summed E-state index contributed by atoms with van der Waals surface area (Å²) >= 11 is 0. The van der Waals surface area contributed by atoms with E-state index < -0.39 is 49.8 Å². The molecule has 3 aromatic carbocycles. The van der Waals surface area contributed by atoms with Gasteiger partial charge in [-0.05, 0) is 66.1 Å². The SMILES string of the molecule is COc1cc(F)c(-c2ccc(-c3nn[nH]n3)cc2)cc1C(=O)N[C@@H]1[C@H]2CC[C@H](C2)[C@@H]1C(=O)Nc1cccc(S(=O)(=O)C(F)(F)F)c1. The fourth-order valence-corrected chi connectivity index (χ4v) is 7.22. The molecule has 1 heterocycles. The van der Waals surface area contributed by atoms with Crippen LogP contribution in [-0.2, 0) is 14.6 Å². The van der Waals surface area contributed by atoms with E-state index in [4.69, 9.17) is 4.74 Å². The third kappa shape index (κ3) is 5.68. The third-order valence-corrected chi connectivity index (χ3v) is 10.1. The molecule has 2 saturated carbocycles. The zero-order valence-electron chi connectivity index (χ0n) is 24.0. The van der Waals surface area contributed by atoms with Gasteiger partial charge in [0.1, 0.15) is 11.6 Å². The van der Waals surface area contributed by atoms with E-state index in [9.17, 15) is 31.2 Å². The fourth-order valence-electron chi connectivity index (χ4n) is 6.41. The first-order chi connectivity index (χ1) is 21.9. The molecule has 0 unspecified atom stereocenters. The summed E-state index contributed by atoms with van der Waals surface area (Å²) < 4.78 is 83.5. The van der Waals surface area contributed by atoms with Crippen molar-refractivity contribution in [1.29, 1.82) is 0 Å². The number of carbonyl (C=O) groups excluding carboxylic acids is 2. The maximum atomic E-state index is 15.2. The van der Waals surface area contributed by atoms with E-state index in [1.165, 1.54) is 19.2 Å². The van der Waals surface area contributed by atoms with Gasteiger partial charge in [-0.3, -0.25) is 9.59 Å². The Kier molecular flexibility index (Phi) is 8.00. The van der Waals surface area contributed by atoms with E-state index >= 15 is 4.39 Å². The molecule has 11 nitrogen and oxygen atoms in total. The number of rotatable bonds is 8. The Balaban J connectivity index is 1.24. The largest absolute Gasteiger partial charge is 0.501 e. The van der Waals surface area contributed by atoms with Crippen molar-refractivity contribution in [1.82, 2.24) is 25.9 Å². The first kappa shape index (κ1) is 31.1. The molecule has 4 aromatic rings. The van der Waals surface area contributed by atoms with Gasteiger partial charge in [0, 0.05) is 28.9 Å². The predicted octanol–water partition coefficient (Wildman–Crippen LogP) is 4.76. The minimum Gasteiger partial charge on any atom is -0.496 e.